The molecule has 2 aliphatic rings. The predicted molar refractivity (Wildman–Crippen MR) is 99.8 cm³/mol. The second kappa shape index (κ2) is 6.77. The molecule has 0 radical (unpaired) electrons. The zero-order valence-electron chi connectivity index (χ0n) is 15.7. The molecular weight excluding hydrogens is 344 g/mol. The number of likely N-dealkylation sites (tertiary alicyclic amines) is 1. The molecule has 8 nitrogen and oxygen atoms in total. The number of piperazine rings is 1. The summed E-state index contributed by atoms with van der Waals surface area (Å²) in [5, 5.41) is 4.19. The summed E-state index contributed by atoms with van der Waals surface area (Å²) < 4.78 is 1.69. The van der Waals surface area contributed by atoms with Gasteiger partial charge in [0.15, 0.2) is 0 Å². The summed E-state index contributed by atoms with van der Waals surface area (Å²) in [4.78, 5) is 35.3. The Hall–Kier alpha value is -2.74. The fourth-order valence-corrected chi connectivity index (χ4v) is 4.23. The highest BCUT2D eigenvalue weighted by Gasteiger charge is 2.50. The lowest BCUT2D eigenvalue weighted by Gasteiger charge is -2.48. The Labute approximate surface area is 158 Å². The molecule has 27 heavy (non-hydrogen) atoms. The number of nitrogens with zero attached hydrogens (tertiary/aromatic N) is 6. The lowest BCUT2D eigenvalue weighted by Crippen LogP contribution is -2.66. The van der Waals surface area contributed by atoms with Crippen molar-refractivity contribution in [1.29, 1.82) is 0 Å². The molecule has 0 bridgehead atoms. The van der Waals surface area contributed by atoms with E-state index in [0.717, 1.165) is 37.4 Å². The summed E-state index contributed by atoms with van der Waals surface area (Å²) in [5.41, 5.74) is 1.43. The van der Waals surface area contributed by atoms with Gasteiger partial charge in [0.05, 0.1) is 29.7 Å². The van der Waals surface area contributed by atoms with Gasteiger partial charge in [0, 0.05) is 46.0 Å². The van der Waals surface area contributed by atoms with Gasteiger partial charge in [-0.1, -0.05) is 6.07 Å². The number of pyridine rings is 1. The lowest BCUT2D eigenvalue weighted by molar-refractivity contribution is -0.142. The minimum atomic E-state index is -0.371. The zero-order valence-corrected chi connectivity index (χ0v) is 15.7. The van der Waals surface area contributed by atoms with Crippen molar-refractivity contribution in [2.45, 2.75) is 25.4 Å². The van der Waals surface area contributed by atoms with Crippen LogP contribution in [0.25, 0.3) is 0 Å². The van der Waals surface area contributed by atoms with Crippen molar-refractivity contribution in [2.75, 3.05) is 31.1 Å². The zero-order chi connectivity index (χ0) is 19.0. The third kappa shape index (κ3) is 3.32. The fraction of sp³-hybridized carbons (Fsp3) is 0.474. The highest BCUT2D eigenvalue weighted by atomic mass is 16.2. The fourth-order valence-electron chi connectivity index (χ4n) is 4.23. The molecule has 142 valence electrons. The molecule has 0 unspecified atom stereocenters. The number of hydrogen-bond donors (Lipinski definition) is 0. The lowest BCUT2D eigenvalue weighted by atomic mass is 9.92. The van der Waals surface area contributed by atoms with Crippen molar-refractivity contribution in [3.05, 3.63) is 42.5 Å². The van der Waals surface area contributed by atoms with E-state index in [1.807, 2.05) is 31.4 Å². The van der Waals surface area contributed by atoms with Crippen LogP contribution in [0.3, 0.4) is 0 Å². The Morgan fingerprint density at radius 2 is 2.15 bits per heavy atom. The van der Waals surface area contributed by atoms with E-state index in [2.05, 4.69) is 15.0 Å². The first kappa shape index (κ1) is 17.7. The Balaban J connectivity index is 1.58. The number of carbonyl (C=O) groups excluding carboxylic acids is 2. The molecular formula is C19H24N6O2. The minimum absolute atomic E-state index is 0.0473. The first-order valence-electron chi connectivity index (χ1n) is 9.16. The standard InChI is InChI=1S/C19H24N6O2/c1-15(26)25-12-18(27)24(17-9-21-22(2)11-17)14-19(25)6-8-23(13-19)10-16-5-3-4-7-20-16/h3-5,7,9,11H,6,8,10,12-14H2,1-2H3/t19-/m1/s1. The van der Waals surface area contributed by atoms with E-state index in [1.54, 1.807) is 33.8 Å². The van der Waals surface area contributed by atoms with E-state index < -0.39 is 0 Å². The maximum absolute atomic E-state index is 12.7. The summed E-state index contributed by atoms with van der Waals surface area (Å²) >= 11 is 0. The second-order valence-electron chi connectivity index (χ2n) is 7.46. The molecule has 2 saturated heterocycles. The highest BCUT2D eigenvalue weighted by Crippen LogP contribution is 2.34. The molecule has 0 aliphatic carbocycles. The molecule has 2 aromatic heterocycles. The largest absolute Gasteiger partial charge is 0.325 e. The van der Waals surface area contributed by atoms with Gasteiger partial charge in [-0.25, -0.2) is 0 Å². The maximum atomic E-state index is 12.7. The van der Waals surface area contributed by atoms with Gasteiger partial charge in [0.2, 0.25) is 11.8 Å². The van der Waals surface area contributed by atoms with Gasteiger partial charge in [0.1, 0.15) is 6.54 Å². The van der Waals surface area contributed by atoms with Crippen LogP contribution < -0.4 is 4.90 Å². The van der Waals surface area contributed by atoms with Crippen LogP contribution in [0.15, 0.2) is 36.8 Å². The number of aromatic nitrogens is 3. The summed E-state index contributed by atoms with van der Waals surface area (Å²) in [7, 11) is 1.83. The van der Waals surface area contributed by atoms with Crippen molar-refractivity contribution in [3.63, 3.8) is 0 Å². The molecule has 2 aromatic rings. The van der Waals surface area contributed by atoms with Gasteiger partial charge in [-0.3, -0.25) is 24.2 Å². The molecule has 0 N–H and O–H groups in total. The van der Waals surface area contributed by atoms with E-state index >= 15 is 0 Å². The molecule has 4 heterocycles. The Morgan fingerprint density at radius 3 is 2.81 bits per heavy atom. The SMILES string of the molecule is CC(=O)N1CC(=O)N(c2cnn(C)c2)C[C@]12CCN(Cc1ccccn1)C2. The molecule has 8 heteroatoms. The third-order valence-electron chi connectivity index (χ3n) is 5.53. The Bertz CT molecular complexity index is 851. The van der Waals surface area contributed by atoms with Crippen molar-refractivity contribution < 1.29 is 9.59 Å². The number of carbonyl (C=O) groups is 2. The van der Waals surface area contributed by atoms with Gasteiger partial charge in [-0.15, -0.1) is 0 Å². The molecule has 4 rings (SSSR count). The Kier molecular flexibility index (Phi) is 4.43. The highest BCUT2D eigenvalue weighted by molar-refractivity contribution is 5.98. The quantitative estimate of drug-likeness (QED) is 0.795. The van der Waals surface area contributed by atoms with Crippen LogP contribution in [0.5, 0.6) is 0 Å². The molecule has 1 spiro atoms. The van der Waals surface area contributed by atoms with Crippen LogP contribution in [-0.2, 0) is 23.2 Å². The van der Waals surface area contributed by atoms with Gasteiger partial charge in [-0.2, -0.15) is 5.10 Å². The van der Waals surface area contributed by atoms with Crippen LogP contribution in [0.1, 0.15) is 19.0 Å². The molecule has 0 aromatic carbocycles. The number of amides is 2. The number of rotatable bonds is 3. The molecule has 2 amide bonds. The van der Waals surface area contributed by atoms with Gasteiger partial charge < -0.3 is 9.80 Å². The van der Waals surface area contributed by atoms with Crippen molar-refractivity contribution in [1.82, 2.24) is 24.6 Å². The van der Waals surface area contributed by atoms with Crippen LogP contribution in [0, 0.1) is 0 Å². The Morgan fingerprint density at radius 1 is 1.30 bits per heavy atom. The first-order chi connectivity index (χ1) is 13.0. The van der Waals surface area contributed by atoms with Crippen molar-refractivity contribution in [3.8, 4) is 0 Å². The normalized spacial score (nSPS) is 23.4. The smallest absolute Gasteiger partial charge is 0.246 e. The number of hydrogen-bond acceptors (Lipinski definition) is 5. The van der Waals surface area contributed by atoms with Crippen LogP contribution in [0.4, 0.5) is 5.69 Å². The van der Waals surface area contributed by atoms with E-state index in [4.69, 9.17) is 0 Å². The van der Waals surface area contributed by atoms with E-state index in [1.165, 1.54) is 0 Å². The summed E-state index contributed by atoms with van der Waals surface area (Å²) in [6, 6.07) is 5.91. The van der Waals surface area contributed by atoms with Crippen LogP contribution in [-0.4, -0.2) is 68.1 Å². The van der Waals surface area contributed by atoms with Gasteiger partial charge in [-0.05, 0) is 18.6 Å². The third-order valence-corrected chi connectivity index (χ3v) is 5.53. The monoisotopic (exact) mass is 368 g/mol. The summed E-state index contributed by atoms with van der Waals surface area (Å²) in [5.74, 6) is -0.110. The summed E-state index contributed by atoms with van der Waals surface area (Å²) in [6.45, 7) is 4.51. The van der Waals surface area contributed by atoms with Crippen LogP contribution >= 0.6 is 0 Å². The van der Waals surface area contributed by atoms with Gasteiger partial charge in [0.25, 0.3) is 0 Å². The molecule has 2 aliphatic heterocycles. The minimum Gasteiger partial charge on any atom is -0.325 e. The van der Waals surface area contributed by atoms with E-state index in [-0.39, 0.29) is 23.9 Å². The number of aryl methyl sites for hydroxylation is 1. The maximum Gasteiger partial charge on any atom is 0.246 e. The second-order valence-corrected chi connectivity index (χ2v) is 7.46. The van der Waals surface area contributed by atoms with Crippen molar-refractivity contribution >= 4 is 17.5 Å². The molecule has 2 fully saturated rings. The average Bonchev–Trinajstić information content (AvgIpc) is 3.24. The van der Waals surface area contributed by atoms with E-state index in [9.17, 15) is 9.59 Å². The summed E-state index contributed by atoms with van der Waals surface area (Å²) in [6.07, 6.45) is 6.18. The van der Waals surface area contributed by atoms with E-state index in [0.29, 0.717) is 6.54 Å². The topological polar surface area (TPSA) is 74.6 Å². The van der Waals surface area contributed by atoms with Gasteiger partial charge >= 0.3 is 0 Å². The van der Waals surface area contributed by atoms with Crippen molar-refractivity contribution in [2.24, 2.45) is 7.05 Å². The number of anilines is 1. The first-order valence-corrected chi connectivity index (χ1v) is 9.16. The predicted octanol–water partition coefficient (Wildman–Crippen LogP) is 0.655. The molecule has 1 atom stereocenters. The van der Waals surface area contributed by atoms with Crippen LogP contribution in [0.2, 0.25) is 0 Å². The average molecular weight is 368 g/mol. The molecule has 0 saturated carbocycles.